The zero-order valence-corrected chi connectivity index (χ0v) is 16.3. The van der Waals surface area contributed by atoms with E-state index in [2.05, 4.69) is 10.4 Å². The van der Waals surface area contributed by atoms with E-state index in [1.807, 2.05) is 31.2 Å². The lowest BCUT2D eigenvalue weighted by molar-refractivity contribution is -0.384. The van der Waals surface area contributed by atoms with E-state index in [0.29, 0.717) is 5.75 Å². The highest BCUT2D eigenvalue weighted by molar-refractivity contribution is 6.03. The van der Waals surface area contributed by atoms with E-state index >= 15 is 0 Å². The van der Waals surface area contributed by atoms with Crippen LogP contribution in [0.1, 0.15) is 16.1 Å². The minimum Gasteiger partial charge on any atom is -0.487 e. The smallest absolute Gasteiger partial charge is 0.276 e. The lowest BCUT2D eigenvalue weighted by Gasteiger charge is -2.09. The molecular formula is C20H18F2N4O5. The summed E-state index contributed by atoms with van der Waals surface area (Å²) in [5.41, 5.74) is 0.575. The molecule has 0 atom stereocenters. The number of alkyl halides is 2. The number of carbonyl (C=O) groups excluding carboxylic acids is 1. The van der Waals surface area contributed by atoms with Crippen molar-refractivity contribution in [3.05, 3.63) is 76.1 Å². The number of nitro groups is 1. The van der Waals surface area contributed by atoms with Crippen molar-refractivity contribution in [1.29, 1.82) is 0 Å². The summed E-state index contributed by atoms with van der Waals surface area (Å²) in [5.74, 6) is -0.131. The minimum absolute atomic E-state index is 0.00850. The third kappa shape index (κ3) is 5.98. The van der Waals surface area contributed by atoms with Crippen molar-refractivity contribution < 1.29 is 28.0 Å². The van der Waals surface area contributed by atoms with Gasteiger partial charge in [-0.25, -0.2) is 13.5 Å². The molecule has 3 aromatic rings. The van der Waals surface area contributed by atoms with Crippen LogP contribution in [0.2, 0.25) is 0 Å². The molecule has 1 N–H and O–H groups in total. The average Bonchev–Trinajstić information content (AvgIpc) is 3.21. The number of nitro benzene ring substituents is 1. The lowest BCUT2D eigenvalue weighted by Crippen LogP contribution is -2.15. The maximum absolute atomic E-state index is 12.5. The van der Waals surface area contributed by atoms with Gasteiger partial charge in [0, 0.05) is 18.3 Å². The van der Waals surface area contributed by atoms with Crippen molar-refractivity contribution >= 4 is 17.3 Å². The number of hydrogen-bond donors (Lipinski definition) is 1. The number of carbonyl (C=O) groups is 1. The van der Waals surface area contributed by atoms with Gasteiger partial charge in [0.1, 0.15) is 18.1 Å². The Morgan fingerprint density at radius 2 is 2.00 bits per heavy atom. The summed E-state index contributed by atoms with van der Waals surface area (Å²) in [5, 5.41) is 17.6. The largest absolute Gasteiger partial charge is 0.487 e. The van der Waals surface area contributed by atoms with E-state index in [0.717, 1.165) is 17.7 Å². The molecule has 9 nitrogen and oxygen atoms in total. The minimum atomic E-state index is -2.75. The van der Waals surface area contributed by atoms with Gasteiger partial charge in [0.25, 0.3) is 18.0 Å². The first-order valence-corrected chi connectivity index (χ1v) is 9.05. The van der Waals surface area contributed by atoms with E-state index in [-0.39, 0.29) is 23.9 Å². The fourth-order valence-electron chi connectivity index (χ4n) is 2.61. The molecule has 31 heavy (non-hydrogen) atoms. The Hall–Kier alpha value is -4.02. The van der Waals surface area contributed by atoms with Crippen molar-refractivity contribution in [3.8, 4) is 11.5 Å². The van der Waals surface area contributed by atoms with Crippen LogP contribution in [0, 0.1) is 17.0 Å². The van der Waals surface area contributed by atoms with Crippen LogP contribution in [-0.4, -0.2) is 33.6 Å². The van der Waals surface area contributed by atoms with Crippen LogP contribution < -0.4 is 14.8 Å². The van der Waals surface area contributed by atoms with Crippen molar-refractivity contribution in [2.75, 3.05) is 11.9 Å². The molecular weight excluding hydrogens is 414 g/mol. The highest BCUT2D eigenvalue weighted by Crippen LogP contribution is 2.26. The van der Waals surface area contributed by atoms with Crippen LogP contribution in [0.25, 0.3) is 0 Å². The van der Waals surface area contributed by atoms with E-state index in [9.17, 15) is 23.7 Å². The average molecular weight is 432 g/mol. The summed E-state index contributed by atoms with van der Waals surface area (Å²) < 4.78 is 36.6. The molecule has 0 aliphatic rings. The number of non-ortho nitro benzene ring substituents is 1. The van der Waals surface area contributed by atoms with E-state index < -0.39 is 29.6 Å². The van der Waals surface area contributed by atoms with E-state index in [4.69, 9.17) is 9.47 Å². The number of para-hydroxylation sites is 1. The van der Waals surface area contributed by atoms with Crippen LogP contribution in [-0.2, 0) is 6.73 Å². The van der Waals surface area contributed by atoms with Crippen LogP contribution in [0.4, 0.5) is 20.2 Å². The lowest BCUT2D eigenvalue weighted by atomic mass is 10.2. The van der Waals surface area contributed by atoms with Gasteiger partial charge in [0.15, 0.2) is 12.4 Å². The van der Waals surface area contributed by atoms with Crippen molar-refractivity contribution in [3.63, 3.8) is 0 Å². The first kappa shape index (κ1) is 21.7. The predicted molar refractivity (Wildman–Crippen MR) is 107 cm³/mol. The summed E-state index contributed by atoms with van der Waals surface area (Å²) >= 11 is 0. The van der Waals surface area contributed by atoms with Crippen LogP contribution in [0.5, 0.6) is 11.5 Å². The molecule has 1 amide bonds. The molecule has 0 aliphatic carbocycles. The molecule has 11 heteroatoms. The summed E-state index contributed by atoms with van der Waals surface area (Å²) in [7, 11) is 0. The molecule has 0 unspecified atom stereocenters. The molecule has 0 saturated heterocycles. The topological polar surface area (TPSA) is 109 Å². The summed E-state index contributed by atoms with van der Waals surface area (Å²) in [6, 6.07) is 12.2. The normalized spacial score (nSPS) is 10.7. The maximum Gasteiger partial charge on any atom is 0.276 e. The molecule has 2 aromatic carbocycles. The van der Waals surface area contributed by atoms with Crippen LogP contribution in [0.3, 0.4) is 0 Å². The second-order valence-corrected chi connectivity index (χ2v) is 6.41. The van der Waals surface area contributed by atoms with Crippen molar-refractivity contribution in [2.45, 2.75) is 20.1 Å². The van der Waals surface area contributed by atoms with Gasteiger partial charge in [-0.2, -0.15) is 5.10 Å². The molecule has 1 heterocycles. The molecule has 0 aliphatic heterocycles. The Morgan fingerprint density at radius 3 is 2.71 bits per heavy atom. The fourth-order valence-corrected chi connectivity index (χ4v) is 2.61. The van der Waals surface area contributed by atoms with Gasteiger partial charge in [-0.1, -0.05) is 18.2 Å². The fraction of sp³-hybridized carbons (Fsp3) is 0.200. The third-order valence-electron chi connectivity index (χ3n) is 4.06. The number of hydrogen-bond acceptors (Lipinski definition) is 6. The molecule has 0 spiro atoms. The number of ether oxygens (including phenoxy) is 2. The van der Waals surface area contributed by atoms with E-state index in [1.54, 1.807) is 0 Å². The van der Waals surface area contributed by atoms with Crippen LogP contribution in [0.15, 0.2) is 54.7 Å². The first-order valence-electron chi connectivity index (χ1n) is 9.05. The SMILES string of the molecule is Cc1ccccc1OCn1ccc(C(=O)Nc2cc(OCC(F)F)cc([N+](=O)[O-])c2)n1. The Balaban J connectivity index is 1.68. The molecule has 0 fully saturated rings. The van der Waals surface area contributed by atoms with Gasteiger partial charge >= 0.3 is 0 Å². The quantitative estimate of drug-likeness (QED) is 0.404. The Bertz CT molecular complexity index is 1090. The second kappa shape index (κ2) is 9.65. The number of halogens is 2. The van der Waals surface area contributed by atoms with Crippen LogP contribution >= 0.6 is 0 Å². The number of rotatable bonds is 9. The van der Waals surface area contributed by atoms with Gasteiger partial charge in [0.05, 0.1) is 16.7 Å². The molecule has 0 bridgehead atoms. The number of benzene rings is 2. The Labute approximate surface area is 175 Å². The Morgan fingerprint density at radius 1 is 1.23 bits per heavy atom. The number of aromatic nitrogens is 2. The number of aryl methyl sites for hydroxylation is 1. The molecule has 0 radical (unpaired) electrons. The van der Waals surface area contributed by atoms with Gasteiger partial charge in [-0.05, 0) is 24.6 Å². The summed E-state index contributed by atoms with van der Waals surface area (Å²) in [6.45, 7) is 1.04. The highest BCUT2D eigenvalue weighted by Gasteiger charge is 2.16. The number of nitrogens with zero attached hydrogens (tertiary/aromatic N) is 3. The highest BCUT2D eigenvalue weighted by atomic mass is 19.3. The third-order valence-corrected chi connectivity index (χ3v) is 4.06. The zero-order chi connectivity index (χ0) is 22.4. The van der Waals surface area contributed by atoms with Gasteiger partial charge in [0.2, 0.25) is 0 Å². The van der Waals surface area contributed by atoms with Crippen molar-refractivity contribution in [1.82, 2.24) is 9.78 Å². The summed E-state index contributed by atoms with van der Waals surface area (Å²) in [6.07, 6.45) is -1.21. The number of amides is 1. The zero-order valence-electron chi connectivity index (χ0n) is 16.3. The standard InChI is InChI=1S/C20H18F2N4O5/c1-13-4-2-3-5-18(13)31-12-25-7-6-17(24-25)20(27)23-14-8-15(26(28)29)10-16(9-14)30-11-19(21)22/h2-10,19H,11-12H2,1H3,(H,23,27). The van der Waals surface area contributed by atoms with Gasteiger partial charge in [-0.3, -0.25) is 14.9 Å². The molecule has 162 valence electrons. The van der Waals surface area contributed by atoms with Crippen molar-refractivity contribution in [2.24, 2.45) is 0 Å². The summed E-state index contributed by atoms with van der Waals surface area (Å²) in [4.78, 5) is 22.8. The maximum atomic E-state index is 12.5. The molecule has 0 saturated carbocycles. The van der Waals surface area contributed by atoms with Gasteiger partial charge < -0.3 is 14.8 Å². The predicted octanol–water partition coefficient (Wildman–Crippen LogP) is 4.03. The molecule has 3 rings (SSSR count). The number of nitrogens with one attached hydrogen (secondary N) is 1. The molecule has 1 aromatic heterocycles. The second-order valence-electron chi connectivity index (χ2n) is 6.41. The first-order chi connectivity index (χ1) is 14.8. The number of anilines is 1. The van der Waals surface area contributed by atoms with Gasteiger partial charge in [-0.15, -0.1) is 0 Å². The monoisotopic (exact) mass is 432 g/mol. The van der Waals surface area contributed by atoms with E-state index in [1.165, 1.54) is 23.0 Å². The Kier molecular flexibility index (Phi) is 6.75.